The molecule has 1 aromatic carbocycles. The van der Waals surface area contributed by atoms with Crippen LogP contribution in [-0.2, 0) is 11.4 Å². The van der Waals surface area contributed by atoms with Crippen LogP contribution in [0, 0.1) is 0 Å². The molecule has 0 bridgehead atoms. The van der Waals surface area contributed by atoms with Crippen LogP contribution < -0.4 is 10.1 Å². The van der Waals surface area contributed by atoms with Crippen molar-refractivity contribution < 1.29 is 14.6 Å². The van der Waals surface area contributed by atoms with E-state index in [9.17, 15) is 4.79 Å². The molecule has 0 spiro atoms. The molecule has 2 aromatic rings. The average Bonchev–Trinajstić information content (AvgIpc) is 2.91. The molecule has 1 atom stereocenters. The molecule has 1 unspecified atom stereocenters. The first-order valence-electron chi connectivity index (χ1n) is 5.88. The van der Waals surface area contributed by atoms with Gasteiger partial charge in [0, 0.05) is 5.38 Å². The second-order valence-electron chi connectivity index (χ2n) is 4.07. The maximum Gasteiger partial charge on any atom is 0.265 e. The van der Waals surface area contributed by atoms with E-state index in [1.165, 1.54) is 11.3 Å². The Bertz CT molecular complexity index is 539. The first-order valence-corrected chi connectivity index (χ1v) is 6.83. The van der Waals surface area contributed by atoms with E-state index in [0.29, 0.717) is 5.75 Å². The van der Waals surface area contributed by atoms with Crippen molar-refractivity contribution in [3.8, 4) is 5.75 Å². The number of aliphatic hydroxyl groups is 1. The number of carbonyl (C=O) groups excluding carboxylic acids is 1. The third kappa shape index (κ3) is 3.81. The SMILES string of the molecule is CC(Oc1cccc(CO)c1)C(=O)Nc1ccsc1. The summed E-state index contributed by atoms with van der Waals surface area (Å²) in [7, 11) is 0. The molecular weight excluding hydrogens is 262 g/mol. The van der Waals surface area contributed by atoms with Crippen LogP contribution in [0.15, 0.2) is 41.1 Å². The van der Waals surface area contributed by atoms with Gasteiger partial charge in [-0.3, -0.25) is 4.79 Å². The predicted octanol–water partition coefficient (Wildman–Crippen LogP) is 2.65. The van der Waals surface area contributed by atoms with Crippen LogP contribution in [0.25, 0.3) is 0 Å². The molecule has 2 rings (SSSR count). The van der Waals surface area contributed by atoms with Gasteiger partial charge in [0.1, 0.15) is 5.75 Å². The van der Waals surface area contributed by atoms with Gasteiger partial charge < -0.3 is 15.2 Å². The maximum absolute atomic E-state index is 11.9. The number of anilines is 1. The minimum Gasteiger partial charge on any atom is -0.481 e. The van der Waals surface area contributed by atoms with Crippen molar-refractivity contribution in [3.63, 3.8) is 0 Å². The van der Waals surface area contributed by atoms with Crippen LogP contribution in [-0.4, -0.2) is 17.1 Å². The zero-order valence-electron chi connectivity index (χ0n) is 10.5. The highest BCUT2D eigenvalue weighted by atomic mass is 32.1. The lowest BCUT2D eigenvalue weighted by Crippen LogP contribution is -2.29. The highest BCUT2D eigenvalue weighted by Crippen LogP contribution is 2.16. The lowest BCUT2D eigenvalue weighted by atomic mass is 10.2. The van der Waals surface area contributed by atoms with Crippen LogP contribution >= 0.6 is 11.3 Å². The molecule has 100 valence electrons. The third-order valence-electron chi connectivity index (χ3n) is 2.55. The molecular formula is C14H15NO3S. The number of hydrogen-bond acceptors (Lipinski definition) is 4. The zero-order chi connectivity index (χ0) is 13.7. The van der Waals surface area contributed by atoms with Gasteiger partial charge in [-0.15, -0.1) is 0 Å². The molecule has 5 heteroatoms. The summed E-state index contributed by atoms with van der Waals surface area (Å²) in [6.07, 6.45) is -0.603. The van der Waals surface area contributed by atoms with Gasteiger partial charge in [-0.2, -0.15) is 11.3 Å². The maximum atomic E-state index is 11.9. The molecule has 0 aliphatic heterocycles. The molecule has 1 aromatic heterocycles. The van der Waals surface area contributed by atoms with Crippen molar-refractivity contribution in [1.82, 2.24) is 0 Å². The van der Waals surface area contributed by atoms with E-state index in [4.69, 9.17) is 9.84 Å². The molecule has 0 fully saturated rings. The highest BCUT2D eigenvalue weighted by molar-refractivity contribution is 7.08. The zero-order valence-corrected chi connectivity index (χ0v) is 11.3. The fourth-order valence-corrected chi connectivity index (χ4v) is 2.14. The molecule has 1 amide bonds. The fourth-order valence-electron chi connectivity index (χ4n) is 1.55. The van der Waals surface area contributed by atoms with Gasteiger partial charge in [-0.25, -0.2) is 0 Å². The summed E-state index contributed by atoms with van der Waals surface area (Å²) in [6.45, 7) is 1.64. The van der Waals surface area contributed by atoms with E-state index in [1.807, 2.05) is 16.8 Å². The quantitative estimate of drug-likeness (QED) is 0.883. The summed E-state index contributed by atoms with van der Waals surface area (Å²) in [6, 6.07) is 8.89. The van der Waals surface area contributed by atoms with E-state index in [-0.39, 0.29) is 12.5 Å². The second kappa shape index (κ2) is 6.36. The largest absolute Gasteiger partial charge is 0.481 e. The van der Waals surface area contributed by atoms with Crippen molar-refractivity contribution in [2.24, 2.45) is 0 Å². The second-order valence-corrected chi connectivity index (χ2v) is 4.85. The minimum absolute atomic E-state index is 0.0489. The third-order valence-corrected chi connectivity index (χ3v) is 3.24. The van der Waals surface area contributed by atoms with E-state index in [0.717, 1.165) is 11.3 Å². The highest BCUT2D eigenvalue weighted by Gasteiger charge is 2.15. The Labute approximate surface area is 115 Å². The fraction of sp³-hybridized carbons (Fsp3) is 0.214. The van der Waals surface area contributed by atoms with Gasteiger partial charge in [0.25, 0.3) is 5.91 Å². The van der Waals surface area contributed by atoms with Gasteiger partial charge in [-0.05, 0) is 36.1 Å². The minimum atomic E-state index is -0.603. The van der Waals surface area contributed by atoms with Crippen LogP contribution in [0.2, 0.25) is 0 Å². The van der Waals surface area contributed by atoms with Gasteiger partial charge in [-0.1, -0.05) is 12.1 Å². The van der Waals surface area contributed by atoms with Crippen LogP contribution in [0.3, 0.4) is 0 Å². The molecule has 0 radical (unpaired) electrons. The number of amides is 1. The smallest absolute Gasteiger partial charge is 0.265 e. The molecule has 0 saturated heterocycles. The van der Waals surface area contributed by atoms with E-state index >= 15 is 0 Å². The first kappa shape index (κ1) is 13.6. The molecule has 0 saturated carbocycles. The van der Waals surface area contributed by atoms with Gasteiger partial charge in [0.15, 0.2) is 6.10 Å². The molecule has 0 aliphatic carbocycles. The predicted molar refractivity (Wildman–Crippen MR) is 75.4 cm³/mol. The summed E-state index contributed by atoms with van der Waals surface area (Å²) in [4.78, 5) is 11.9. The average molecular weight is 277 g/mol. The first-order chi connectivity index (χ1) is 9.19. The van der Waals surface area contributed by atoms with Gasteiger partial charge in [0.05, 0.1) is 12.3 Å². The number of rotatable bonds is 5. The molecule has 0 aliphatic rings. The molecule has 4 nitrogen and oxygen atoms in total. The number of ether oxygens (including phenoxy) is 1. The van der Waals surface area contributed by atoms with Gasteiger partial charge >= 0.3 is 0 Å². The Morgan fingerprint density at radius 2 is 2.32 bits per heavy atom. The Hall–Kier alpha value is -1.85. The summed E-state index contributed by atoms with van der Waals surface area (Å²) in [5.74, 6) is 0.368. The van der Waals surface area contributed by atoms with Crippen molar-refractivity contribution in [1.29, 1.82) is 0 Å². The monoisotopic (exact) mass is 277 g/mol. The van der Waals surface area contributed by atoms with E-state index in [1.54, 1.807) is 31.2 Å². The van der Waals surface area contributed by atoms with Crippen molar-refractivity contribution in [2.45, 2.75) is 19.6 Å². The summed E-state index contributed by atoms with van der Waals surface area (Å²) >= 11 is 1.52. The van der Waals surface area contributed by atoms with E-state index in [2.05, 4.69) is 5.32 Å². The van der Waals surface area contributed by atoms with E-state index < -0.39 is 6.10 Å². The lowest BCUT2D eigenvalue weighted by Gasteiger charge is -2.14. The van der Waals surface area contributed by atoms with Crippen molar-refractivity contribution in [2.75, 3.05) is 5.32 Å². The summed E-state index contributed by atoms with van der Waals surface area (Å²) < 4.78 is 5.55. The summed E-state index contributed by atoms with van der Waals surface area (Å²) in [5.41, 5.74) is 1.53. The Morgan fingerprint density at radius 1 is 1.47 bits per heavy atom. The van der Waals surface area contributed by atoms with Crippen molar-refractivity contribution >= 4 is 22.9 Å². The normalized spacial score (nSPS) is 11.9. The molecule has 19 heavy (non-hydrogen) atoms. The number of hydrogen-bond donors (Lipinski definition) is 2. The topological polar surface area (TPSA) is 58.6 Å². The molecule has 1 heterocycles. The standard InChI is InChI=1S/C14H15NO3S/c1-10(14(17)15-12-5-6-19-9-12)18-13-4-2-3-11(7-13)8-16/h2-7,9-10,16H,8H2,1H3,(H,15,17). The number of nitrogens with one attached hydrogen (secondary N) is 1. The van der Waals surface area contributed by atoms with Crippen molar-refractivity contribution in [3.05, 3.63) is 46.7 Å². The Balaban J connectivity index is 1.96. The lowest BCUT2D eigenvalue weighted by molar-refractivity contribution is -0.122. The molecule has 2 N–H and O–H groups in total. The number of carbonyl (C=O) groups is 1. The summed E-state index contributed by atoms with van der Waals surface area (Å²) in [5, 5.41) is 15.6. The van der Waals surface area contributed by atoms with Crippen LogP contribution in [0.5, 0.6) is 5.75 Å². The number of thiophene rings is 1. The Kier molecular flexibility index (Phi) is 4.54. The van der Waals surface area contributed by atoms with Crippen LogP contribution in [0.4, 0.5) is 5.69 Å². The Morgan fingerprint density at radius 3 is 3.00 bits per heavy atom. The number of benzene rings is 1. The van der Waals surface area contributed by atoms with Crippen LogP contribution in [0.1, 0.15) is 12.5 Å². The van der Waals surface area contributed by atoms with Gasteiger partial charge in [0.2, 0.25) is 0 Å². The number of aliphatic hydroxyl groups excluding tert-OH is 1.